The van der Waals surface area contributed by atoms with Crippen LogP contribution < -0.4 is 10.5 Å². The second-order valence-corrected chi connectivity index (χ2v) is 5.49. The maximum atomic E-state index is 12.6. The van der Waals surface area contributed by atoms with Crippen LogP contribution in [-0.2, 0) is 11.7 Å². The van der Waals surface area contributed by atoms with E-state index < -0.39 is 16.7 Å². The summed E-state index contributed by atoms with van der Waals surface area (Å²) in [7, 11) is 1.54. The Bertz CT molecular complexity index is 590. The standard InChI is InChI=1S/C13H13F3N2OS/c1-12(17,8-3-5-9(19-2)6-4-8)10-7-18-11(20-10)13(14,15)16/h3-7H,17H2,1-2H3. The molecular formula is C13H13F3N2OS. The molecule has 0 aliphatic rings. The molecule has 20 heavy (non-hydrogen) atoms. The molecule has 0 amide bonds. The number of methoxy groups -OCH3 is 1. The van der Waals surface area contributed by atoms with Gasteiger partial charge < -0.3 is 10.5 Å². The van der Waals surface area contributed by atoms with E-state index in [1.165, 1.54) is 13.3 Å². The lowest BCUT2D eigenvalue weighted by Gasteiger charge is -2.23. The fraction of sp³-hybridized carbons (Fsp3) is 0.308. The fourth-order valence-corrected chi connectivity index (χ4v) is 2.59. The van der Waals surface area contributed by atoms with Gasteiger partial charge in [0, 0.05) is 11.1 Å². The zero-order chi connectivity index (χ0) is 15.0. The minimum atomic E-state index is -4.45. The van der Waals surface area contributed by atoms with Crippen LogP contribution in [0.15, 0.2) is 30.5 Å². The van der Waals surface area contributed by atoms with Gasteiger partial charge in [-0.3, -0.25) is 0 Å². The van der Waals surface area contributed by atoms with E-state index in [0.717, 1.165) is 0 Å². The minimum Gasteiger partial charge on any atom is -0.497 e. The molecule has 0 fully saturated rings. The first kappa shape index (κ1) is 14.8. The summed E-state index contributed by atoms with van der Waals surface area (Å²) in [5.74, 6) is 0.657. The van der Waals surface area contributed by atoms with Crippen LogP contribution >= 0.6 is 11.3 Å². The molecular weight excluding hydrogens is 289 g/mol. The van der Waals surface area contributed by atoms with Gasteiger partial charge in [-0.1, -0.05) is 12.1 Å². The molecule has 2 N–H and O–H groups in total. The lowest BCUT2D eigenvalue weighted by atomic mass is 9.92. The van der Waals surface area contributed by atoms with E-state index in [4.69, 9.17) is 10.5 Å². The molecule has 3 nitrogen and oxygen atoms in total. The van der Waals surface area contributed by atoms with Gasteiger partial charge in [0.2, 0.25) is 0 Å². The van der Waals surface area contributed by atoms with Crippen molar-refractivity contribution in [3.63, 3.8) is 0 Å². The second kappa shape index (κ2) is 5.06. The number of thiazole rings is 1. The molecule has 2 aromatic rings. The molecule has 1 unspecified atom stereocenters. The Kier molecular flexibility index (Phi) is 3.75. The summed E-state index contributed by atoms with van der Waals surface area (Å²) in [6.45, 7) is 1.66. The van der Waals surface area contributed by atoms with Gasteiger partial charge in [-0.25, -0.2) is 4.98 Å². The smallest absolute Gasteiger partial charge is 0.443 e. The van der Waals surface area contributed by atoms with Gasteiger partial charge in [-0.2, -0.15) is 13.2 Å². The van der Waals surface area contributed by atoms with Crippen LogP contribution in [0.4, 0.5) is 13.2 Å². The maximum absolute atomic E-state index is 12.6. The molecule has 0 aliphatic carbocycles. The Morgan fingerprint density at radius 1 is 1.20 bits per heavy atom. The Morgan fingerprint density at radius 3 is 2.25 bits per heavy atom. The van der Waals surface area contributed by atoms with Crippen molar-refractivity contribution in [2.75, 3.05) is 7.11 Å². The van der Waals surface area contributed by atoms with Crippen molar-refractivity contribution in [1.29, 1.82) is 0 Å². The molecule has 1 heterocycles. The van der Waals surface area contributed by atoms with E-state index in [1.807, 2.05) is 0 Å². The summed E-state index contributed by atoms with van der Waals surface area (Å²) >= 11 is 0.559. The molecule has 0 radical (unpaired) electrons. The average molecular weight is 302 g/mol. The van der Waals surface area contributed by atoms with Crippen molar-refractivity contribution in [3.05, 3.63) is 45.9 Å². The maximum Gasteiger partial charge on any atom is 0.443 e. The predicted molar refractivity (Wildman–Crippen MR) is 70.8 cm³/mol. The highest BCUT2D eigenvalue weighted by atomic mass is 32.1. The molecule has 1 atom stereocenters. The molecule has 7 heteroatoms. The van der Waals surface area contributed by atoms with Crippen molar-refractivity contribution < 1.29 is 17.9 Å². The summed E-state index contributed by atoms with van der Waals surface area (Å²) in [5, 5.41) is -0.891. The highest BCUT2D eigenvalue weighted by Crippen LogP contribution is 2.37. The Balaban J connectivity index is 2.35. The van der Waals surface area contributed by atoms with Gasteiger partial charge in [-0.05, 0) is 24.6 Å². The van der Waals surface area contributed by atoms with Crippen LogP contribution in [0.2, 0.25) is 0 Å². The fourth-order valence-electron chi connectivity index (χ4n) is 1.72. The van der Waals surface area contributed by atoms with Crippen molar-refractivity contribution >= 4 is 11.3 Å². The van der Waals surface area contributed by atoms with Crippen molar-refractivity contribution in [3.8, 4) is 5.75 Å². The van der Waals surface area contributed by atoms with Crippen LogP contribution in [0.5, 0.6) is 5.75 Å². The number of alkyl halides is 3. The predicted octanol–water partition coefficient (Wildman–Crippen LogP) is 3.39. The highest BCUT2D eigenvalue weighted by Gasteiger charge is 2.37. The first-order valence-corrected chi connectivity index (χ1v) is 6.53. The lowest BCUT2D eigenvalue weighted by Crippen LogP contribution is -2.33. The number of halogens is 3. The summed E-state index contributed by atoms with van der Waals surface area (Å²) in [5.41, 5.74) is 5.83. The van der Waals surface area contributed by atoms with E-state index in [0.29, 0.717) is 27.5 Å². The number of hydrogen-bond donors (Lipinski definition) is 1. The van der Waals surface area contributed by atoms with Gasteiger partial charge in [-0.15, -0.1) is 11.3 Å². The van der Waals surface area contributed by atoms with Crippen molar-refractivity contribution in [1.82, 2.24) is 4.98 Å². The molecule has 0 bridgehead atoms. The number of aromatic nitrogens is 1. The van der Waals surface area contributed by atoms with Crippen LogP contribution in [0, 0.1) is 0 Å². The largest absolute Gasteiger partial charge is 0.497 e. The normalized spacial score (nSPS) is 14.9. The topological polar surface area (TPSA) is 48.1 Å². The number of hydrogen-bond acceptors (Lipinski definition) is 4. The summed E-state index contributed by atoms with van der Waals surface area (Å²) in [6, 6.07) is 6.88. The van der Waals surface area contributed by atoms with Crippen LogP contribution in [-0.4, -0.2) is 12.1 Å². The first-order chi connectivity index (χ1) is 9.25. The summed E-state index contributed by atoms with van der Waals surface area (Å²) < 4.78 is 42.8. The number of ether oxygens (including phenoxy) is 1. The van der Waals surface area contributed by atoms with Crippen LogP contribution in [0.3, 0.4) is 0 Å². The third kappa shape index (κ3) is 2.78. The van der Waals surface area contributed by atoms with Gasteiger partial charge in [0.25, 0.3) is 0 Å². The Morgan fingerprint density at radius 2 is 1.80 bits per heavy atom. The van der Waals surface area contributed by atoms with Gasteiger partial charge in [0.05, 0.1) is 12.6 Å². The third-order valence-electron chi connectivity index (χ3n) is 2.95. The highest BCUT2D eigenvalue weighted by molar-refractivity contribution is 7.11. The van der Waals surface area contributed by atoms with Crippen molar-refractivity contribution in [2.45, 2.75) is 18.6 Å². The van der Waals surface area contributed by atoms with Gasteiger partial charge >= 0.3 is 6.18 Å². The molecule has 0 saturated carbocycles. The quantitative estimate of drug-likeness (QED) is 0.945. The Labute approximate surface area is 118 Å². The van der Waals surface area contributed by atoms with E-state index >= 15 is 0 Å². The number of nitrogens with zero attached hydrogens (tertiary/aromatic N) is 1. The Hall–Kier alpha value is -1.60. The second-order valence-electron chi connectivity index (χ2n) is 4.46. The molecule has 1 aromatic heterocycles. The number of rotatable bonds is 3. The van der Waals surface area contributed by atoms with Gasteiger partial charge in [0.1, 0.15) is 5.75 Å². The van der Waals surface area contributed by atoms with E-state index in [1.54, 1.807) is 31.2 Å². The van der Waals surface area contributed by atoms with E-state index in [-0.39, 0.29) is 0 Å². The van der Waals surface area contributed by atoms with E-state index in [2.05, 4.69) is 4.98 Å². The minimum absolute atomic E-state index is 0.356. The molecule has 0 spiro atoms. The SMILES string of the molecule is COc1ccc(C(C)(N)c2cnc(C(F)(F)F)s2)cc1. The van der Waals surface area contributed by atoms with Crippen LogP contribution in [0.1, 0.15) is 22.4 Å². The molecule has 0 aliphatic heterocycles. The first-order valence-electron chi connectivity index (χ1n) is 5.72. The van der Waals surface area contributed by atoms with Gasteiger partial charge in [0.15, 0.2) is 5.01 Å². The molecule has 1 aromatic carbocycles. The third-order valence-corrected chi connectivity index (χ3v) is 4.23. The summed E-state index contributed by atoms with van der Waals surface area (Å²) in [4.78, 5) is 3.76. The number of benzene rings is 1. The number of nitrogens with two attached hydrogens (primary N) is 1. The van der Waals surface area contributed by atoms with Crippen LogP contribution in [0.25, 0.3) is 0 Å². The summed E-state index contributed by atoms with van der Waals surface area (Å²) in [6.07, 6.45) is -3.27. The average Bonchev–Trinajstić information content (AvgIpc) is 2.89. The van der Waals surface area contributed by atoms with E-state index in [9.17, 15) is 13.2 Å². The molecule has 108 valence electrons. The zero-order valence-corrected chi connectivity index (χ0v) is 11.7. The zero-order valence-electron chi connectivity index (χ0n) is 10.9. The molecule has 2 rings (SSSR count). The lowest BCUT2D eigenvalue weighted by molar-refractivity contribution is -0.137. The molecule has 0 saturated heterocycles. The van der Waals surface area contributed by atoms with Crippen molar-refractivity contribution in [2.24, 2.45) is 5.73 Å². The monoisotopic (exact) mass is 302 g/mol.